The number of methoxy groups -OCH3 is 2. The molecule has 0 bridgehead atoms. The largest absolute Gasteiger partial charge is 0.383 e. The maximum atomic E-state index is 12.0. The van der Waals surface area contributed by atoms with Gasteiger partial charge in [-0.1, -0.05) is 6.92 Å². The molecule has 0 aromatic heterocycles. The summed E-state index contributed by atoms with van der Waals surface area (Å²) in [5.74, 6) is 0.0973. The number of carbonyl (C=O) groups excluding carboxylic acids is 1. The molecular formula is C12H26N2O3. The second kappa shape index (κ2) is 10.5. The zero-order valence-electron chi connectivity index (χ0n) is 11.5. The minimum atomic E-state index is 0.0751. The lowest BCUT2D eigenvalue weighted by molar-refractivity contribution is -0.134. The fourth-order valence-corrected chi connectivity index (χ4v) is 1.59. The van der Waals surface area contributed by atoms with Gasteiger partial charge < -0.3 is 19.7 Å². The predicted molar refractivity (Wildman–Crippen MR) is 68.1 cm³/mol. The van der Waals surface area contributed by atoms with Crippen molar-refractivity contribution < 1.29 is 14.3 Å². The highest BCUT2D eigenvalue weighted by Gasteiger charge is 2.18. The average Bonchev–Trinajstić information content (AvgIpc) is 2.30. The number of nitrogens with one attached hydrogen (secondary N) is 1. The van der Waals surface area contributed by atoms with Crippen molar-refractivity contribution in [2.75, 3.05) is 47.1 Å². The minimum absolute atomic E-state index is 0.0751. The summed E-state index contributed by atoms with van der Waals surface area (Å²) >= 11 is 0. The first-order valence-corrected chi connectivity index (χ1v) is 6.15. The van der Waals surface area contributed by atoms with Crippen LogP contribution in [0.2, 0.25) is 0 Å². The zero-order chi connectivity index (χ0) is 13.1. The molecule has 0 radical (unpaired) electrons. The molecule has 1 atom stereocenters. The van der Waals surface area contributed by atoms with E-state index >= 15 is 0 Å². The molecule has 1 amide bonds. The van der Waals surface area contributed by atoms with Gasteiger partial charge in [-0.15, -0.1) is 0 Å². The van der Waals surface area contributed by atoms with E-state index in [1.165, 1.54) is 0 Å². The standard InChI is InChI=1S/C12H26N2O3/c1-5-6-13-9-12(15)14(7-8-16-3)11(2)10-17-4/h11,13H,5-10H2,1-4H3. The second-order valence-electron chi connectivity index (χ2n) is 4.06. The summed E-state index contributed by atoms with van der Waals surface area (Å²) in [6.45, 7) is 7.00. The van der Waals surface area contributed by atoms with Crippen LogP contribution in [0.3, 0.4) is 0 Å². The van der Waals surface area contributed by atoms with Crippen molar-refractivity contribution in [3.63, 3.8) is 0 Å². The van der Waals surface area contributed by atoms with Gasteiger partial charge in [0.1, 0.15) is 0 Å². The van der Waals surface area contributed by atoms with E-state index in [4.69, 9.17) is 9.47 Å². The Hall–Kier alpha value is -0.650. The van der Waals surface area contributed by atoms with Crippen molar-refractivity contribution in [1.82, 2.24) is 10.2 Å². The van der Waals surface area contributed by atoms with Gasteiger partial charge in [0.05, 0.1) is 25.8 Å². The molecule has 0 saturated carbocycles. The van der Waals surface area contributed by atoms with E-state index in [9.17, 15) is 4.79 Å². The van der Waals surface area contributed by atoms with Gasteiger partial charge in [-0.25, -0.2) is 0 Å². The molecule has 0 aromatic carbocycles. The van der Waals surface area contributed by atoms with Crippen LogP contribution in [0.15, 0.2) is 0 Å². The van der Waals surface area contributed by atoms with Gasteiger partial charge in [-0.2, -0.15) is 0 Å². The summed E-state index contributed by atoms with van der Waals surface area (Å²) in [6, 6.07) is 0.0751. The smallest absolute Gasteiger partial charge is 0.236 e. The summed E-state index contributed by atoms with van der Waals surface area (Å²) in [4.78, 5) is 13.8. The molecule has 0 aliphatic heterocycles. The topological polar surface area (TPSA) is 50.8 Å². The third kappa shape index (κ3) is 7.31. The normalized spacial score (nSPS) is 12.5. The Labute approximate surface area is 104 Å². The Bertz CT molecular complexity index is 200. The van der Waals surface area contributed by atoms with Crippen molar-refractivity contribution in [3.05, 3.63) is 0 Å². The maximum Gasteiger partial charge on any atom is 0.236 e. The molecule has 1 unspecified atom stereocenters. The van der Waals surface area contributed by atoms with Crippen molar-refractivity contribution >= 4 is 5.91 Å². The summed E-state index contributed by atoms with van der Waals surface area (Å²) in [5, 5.41) is 3.12. The van der Waals surface area contributed by atoms with Gasteiger partial charge in [-0.05, 0) is 19.9 Å². The highest BCUT2D eigenvalue weighted by Crippen LogP contribution is 2.00. The minimum Gasteiger partial charge on any atom is -0.383 e. The van der Waals surface area contributed by atoms with E-state index in [1.54, 1.807) is 19.1 Å². The van der Waals surface area contributed by atoms with Crippen molar-refractivity contribution in [2.24, 2.45) is 0 Å². The molecule has 102 valence electrons. The van der Waals surface area contributed by atoms with Crippen LogP contribution in [0.5, 0.6) is 0 Å². The summed E-state index contributed by atoms with van der Waals surface area (Å²) in [6.07, 6.45) is 1.03. The van der Waals surface area contributed by atoms with Gasteiger partial charge in [0, 0.05) is 20.8 Å². The lowest BCUT2D eigenvalue weighted by Gasteiger charge is -2.28. The fourth-order valence-electron chi connectivity index (χ4n) is 1.59. The van der Waals surface area contributed by atoms with E-state index in [1.807, 2.05) is 6.92 Å². The van der Waals surface area contributed by atoms with Gasteiger partial charge in [-0.3, -0.25) is 4.79 Å². The first-order valence-electron chi connectivity index (χ1n) is 6.15. The molecule has 0 aliphatic rings. The summed E-state index contributed by atoms with van der Waals surface area (Å²) in [7, 11) is 3.28. The molecule has 0 aliphatic carbocycles. The summed E-state index contributed by atoms with van der Waals surface area (Å²) in [5.41, 5.74) is 0. The number of rotatable bonds is 10. The molecule has 0 saturated heterocycles. The van der Waals surface area contributed by atoms with Crippen LogP contribution in [-0.2, 0) is 14.3 Å². The number of carbonyl (C=O) groups is 1. The van der Waals surface area contributed by atoms with Crippen LogP contribution in [0.1, 0.15) is 20.3 Å². The van der Waals surface area contributed by atoms with Crippen molar-refractivity contribution in [3.8, 4) is 0 Å². The van der Waals surface area contributed by atoms with E-state index in [2.05, 4.69) is 12.2 Å². The molecule has 5 heteroatoms. The maximum absolute atomic E-state index is 12.0. The van der Waals surface area contributed by atoms with Crippen LogP contribution in [-0.4, -0.2) is 63.9 Å². The molecule has 1 N–H and O–H groups in total. The number of amides is 1. The predicted octanol–water partition coefficient (Wildman–Crippen LogP) is 0.496. The monoisotopic (exact) mass is 246 g/mol. The Morgan fingerprint density at radius 2 is 2.06 bits per heavy atom. The van der Waals surface area contributed by atoms with Gasteiger partial charge >= 0.3 is 0 Å². The second-order valence-corrected chi connectivity index (χ2v) is 4.06. The fraction of sp³-hybridized carbons (Fsp3) is 0.917. The van der Waals surface area contributed by atoms with Gasteiger partial charge in [0.15, 0.2) is 0 Å². The van der Waals surface area contributed by atoms with Crippen LogP contribution in [0.25, 0.3) is 0 Å². The molecule has 17 heavy (non-hydrogen) atoms. The number of hydrogen-bond donors (Lipinski definition) is 1. The number of ether oxygens (including phenoxy) is 2. The Kier molecular flexibility index (Phi) is 10.1. The van der Waals surface area contributed by atoms with Crippen molar-refractivity contribution in [2.45, 2.75) is 26.3 Å². The number of nitrogens with zero attached hydrogens (tertiary/aromatic N) is 1. The lowest BCUT2D eigenvalue weighted by atomic mass is 10.3. The SMILES string of the molecule is CCCNCC(=O)N(CCOC)C(C)COC. The molecule has 0 rings (SSSR count). The Morgan fingerprint density at radius 1 is 1.35 bits per heavy atom. The molecule has 5 nitrogen and oxygen atoms in total. The zero-order valence-corrected chi connectivity index (χ0v) is 11.5. The van der Waals surface area contributed by atoms with Gasteiger partial charge in [0.25, 0.3) is 0 Å². The van der Waals surface area contributed by atoms with Crippen LogP contribution < -0.4 is 5.32 Å². The van der Waals surface area contributed by atoms with Crippen LogP contribution >= 0.6 is 0 Å². The Balaban J connectivity index is 4.18. The van der Waals surface area contributed by atoms with Crippen molar-refractivity contribution in [1.29, 1.82) is 0 Å². The first kappa shape index (κ1) is 16.4. The third-order valence-electron chi connectivity index (χ3n) is 2.50. The van der Waals surface area contributed by atoms with Crippen LogP contribution in [0.4, 0.5) is 0 Å². The molecule has 0 spiro atoms. The van der Waals surface area contributed by atoms with E-state index in [-0.39, 0.29) is 11.9 Å². The molecule has 0 fully saturated rings. The molecular weight excluding hydrogens is 220 g/mol. The van der Waals surface area contributed by atoms with Gasteiger partial charge in [0.2, 0.25) is 5.91 Å². The molecule has 0 heterocycles. The average molecular weight is 246 g/mol. The first-order chi connectivity index (χ1) is 8.17. The van der Waals surface area contributed by atoms with E-state index in [0.29, 0.717) is 26.3 Å². The van der Waals surface area contributed by atoms with Crippen LogP contribution in [0, 0.1) is 0 Å². The quantitative estimate of drug-likeness (QED) is 0.570. The Morgan fingerprint density at radius 3 is 2.59 bits per heavy atom. The summed E-state index contributed by atoms with van der Waals surface area (Å²) < 4.78 is 10.1. The molecule has 0 aromatic rings. The van der Waals surface area contributed by atoms with E-state index in [0.717, 1.165) is 13.0 Å². The highest BCUT2D eigenvalue weighted by molar-refractivity contribution is 5.78. The number of hydrogen-bond acceptors (Lipinski definition) is 4. The van der Waals surface area contributed by atoms with E-state index < -0.39 is 0 Å². The highest BCUT2D eigenvalue weighted by atomic mass is 16.5. The lowest BCUT2D eigenvalue weighted by Crippen LogP contribution is -2.46. The third-order valence-corrected chi connectivity index (χ3v) is 2.50.